The van der Waals surface area contributed by atoms with Crippen LogP contribution in [0.15, 0.2) is 24.4 Å². The first-order chi connectivity index (χ1) is 11.6. The van der Waals surface area contributed by atoms with Gasteiger partial charge in [-0.3, -0.25) is 4.98 Å². The van der Waals surface area contributed by atoms with Gasteiger partial charge in [0.25, 0.3) is 0 Å². The maximum atomic E-state index is 12.4. The highest BCUT2D eigenvalue weighted by atomic mass is 16.5. The molecule has 1 fully saturated rings. The van der Waals surface area contributed by atoms with Gasteiger partial charge in [-0.15, -0.1) is 0 Å². The molecule has 1 aliphatic rings. The lowest BCUT2D eigenvalue weighted by atomic mass is 10.0. The Bertz CT molecular complexity index is 737. The van der Waals surface area contributed by atoms with Crippen molar-refractivity contribution in [2.45, 2.75) is 32.8 Å². The van der Waals surface area contributed by atoms with Crippen LogP contribution in [0.1, 0.15) is 35.7 Å². The van der Waals surface area contributed by atoms with Gasteiger partial charge in [-0.25, -0.2) is 4.79 Å². The number of carbonyl (C=O) groups is 1. The summed E-state index contributed by atoms with van der Waals surface area (Å²) in [6.45, 7) is 5.95. The molecule has 0 radical (unpaired) electrons. The van der Waals surface area contributed by atoms with Gasteiger partial charge in [0.15, 0.2) is 0 Å². The molecule has 128 valence electrons. The molecule has 1 aromatic carbocycles. The van der Waals surface area contributed by atoms with E-state index in [2.05, 4.69) is 22.9 Å². The molecule has 2 heterocycles. The molecular weight excluding hydrogens is 304 g/mol. The van der Waals surface area contributed by atoms with Crippen LogP contribution in [0.3, 0.4) is 0 Å². The summed E-state index contributed by atoms with van der Waals surface area (Å²) in [4.78, 5) is 19.2. The molecule has 0 spiro atoms. The Kier molecular flexibility index (Phi) is 5.00. The number of ether oxygens (including phenoxy) is 2. The predicted molar refractivity (Wildman–Crippen MR) is 94.7 cm³/mol. The second-order valence-electron chi connectivity index (χ2n) is 6.18. The van der Waals surface area contributed by atoms with E-state index < -0.39 is 0 Å². The van der Waals surface area contributed by atoms with Gasteiger partial charge < -0.3 is 14.4 Å². The van der Waals surface area contributed by atoms with Gasteiger partial charge in [-0.05, 0) is 38.8 Å². The molecule has 0 N–H and O–H groups in total. The number of aryl methyl sites for hydroxylation is 1. The number of esters is 1. The number of fused-ring (bicyclic) bond motifs is 1. The van der Waals surface area contributed by atoms with Crippen molar-refractivity contribution in [1.29, 1.82) is 0 Å². The molecule has 0 aliphatic carbocycles. The lowest BCUT2D eigenvalue weighted by molar-refractivity contribution is 0.0526. The fourth-order valence-corrected chi connectivity index (χ4v) is 3.31. The zero-order valence-corrected chi connectivity index (χ0v) is 14.5. The second kappa shape index (κ2) is 7.18. The summed E-state index contributed by atoms with van der Waals surface area (Å²) < 4.78 is 10.7. The number of methoxy groups -OCH3 is 1. The SMILES string of the molecule is CCOC(=O)c1cnc2ccc(C)cc2c1N1CCC(OC)CC1. The van der Waals surface area contributed by atoms with Crippen LogP contribution in [0, 0.1) is 6.92 Å². The number of nitrogens with zero attached hydrogens (tertiary/aromatic N) is 2. The topological polar surface area (TPSA) is 51.7 Å². The van der Waals surface area contributed by atoms with Crippen LogP contribution in [-0.2, 0) is 9.47 Å². The zero-order valence-electron chi connectivity index (χ0n) is 14.5. The van der Waals surface area contributed by atoms with Gasteiger partial charge in [0, 0.05) is 31.8 Å². The van der Waals surface area contributed by atoms with Crippen LogP contribution in [0.5, 0.6) is 0 Å². The van der Waals surface area contributed by atoms with Crippen LogP contribution in [0.4, 0.5) is 5.69 Å². The number of carbonyl (C=O) groups excluding carboxylic acids is 1. The number of benzene rings is 1. The molecule has 1 saturated heterocycles. The van der Waals surface area contributed by atoms with Gasteiger partial charge in [-0.1, -0.05) is 11.6 Å². The van der Waals surface area contributed by atoms with E-state index in [1.165, 1.54) is 0 Å². The number of anilines is 1. The van der Waals surface area contributed by atoms with Crippen molar-refractivity contribution in [3.8, 4) is 0 Å². The molecule has 2 aromatic rings. The summed E-state index contributed by atoms with van der Waals surface area (Å²) in [6, 6.07) is 6.15. The van der Waals surface area contributed by atoms with Crippen LogP contribution >= 0.6 is 0 Å². The highest BCUT2D eigenvalue weighted by Crippen LogP contribution is 2.33. The smallest absolute Gasteiger partial charge is 0.341 e. The summed E-state index contributed by atoms with van der Waals surface area (Å²) >= 11 is 0. The predicted octanol–water partition coefficient (Wildman–Crippen LogP) is 3.34. The van der Waals surface area contributed by atoms with Crippen LogP contribution in [-0.4, -0.2) is 43.9 Å². The molecule has 0 unspecified atom stereocenters. The third-order valence-corrected chi connectivity index (χ3v) is 4.58. The fourth-order valence-electron chi connectivity index (χ4n) is 3.31. The number of aromatic nitrogens is 1. The summed E-state index contributed by atoms with van der Waals surface area (Å²) in [7, 11) is 1.76. The van der Waals surface area contributed by atoms with Crippen molar-refractivity contribution in [2.24, 2.45) is 0 Å². The minimum absolute atomic E-state index is 0.294. The van der Waals surface area contributed by atoms with E-state index in [1.807, 2.05) is 19.1 Å². The van der Waals surface area contributed by atoms with E-state index in [0.717, 1.165) is 48.1 Å². The van der Waals surface area contributed by atoms with Crippen molar-refractivity contribution >= 4 is 22.6 Å². The minimum Gasteiger partial charge on any atom is -0.462 e. The number of hydrogen-bond acceptors (Lipinski definition) is 5. The maximum Gasteiger partial charge on any atom is 0.341 e. The summed E-state index contributed by atoms with van der Waals surface area (Å²) in [5.74, 6) is -0.308. The molecule has 5 nitrogen and oxygen atoms in total. The molecule has 0 saturated carbocycles. The van der Waals surface area contributed by atoms with E-state index >= 15 is 0 Å². The van der Waals surface area contributed by atoms with Crippen molar-refractivity contribution in [3.05, 3.63) is 35.5 Å². The highest BCUT2D eigenvalue weighted by Gasteiger charge is 2.25. The first-order valence-electron chi connectivity index (χ1n) is 8.48. The Balaban J connectivity index is 2.08. The molecule has 0 bridgehead atoms. The fraction of sp³-hybridized carbons (Fsp3) is 0.474. The van der Waals surface area contributed by atoms with E-state index in [9.17, 15) is 4.79 Å². The Morgan fingerprint density at radius 3 is 2.75 bits per heavy atom. The lowest BCUT2D eigenvalue weighted by Crippen LogP contribution is -2.37. The quantitative estimate of drug-likeness (QED) is 0.806. The Labute approximate surface area is 142 Å². The average molecular weight is 328 g/mol. The molecule has 1 aliphatic heterocycles. The maximum absolute atomic E-state index is 12.4. The molecule has 24 heavy (non-hydrogen) atoms. The van der Waals surface area contributed by atoms with Crippen LogP contribution < -0.4 is 4.90 Å². The van der Waals surface area contributed by atoms with Gasteiger partial charge in [0.2, 0.25) is 0 Å². The van der Waals surface area contributed by atoms with Gasteiger partial charge in [0.1, 0.15) is 5.56 Å². The number of rotatable bonds is 4. The van der Waals surface area contributed by atoms with E-state index in [-0.39, 0.29) is 5.97 Å². The normalized spacial score (nSPS) is 15.7. The zero-order chi connectivity index (χ0) is 17.1. The third kappa shape index (κ3) is 3.22. The van der Waals surface area contributed by atoms with Gasteiger partial charge >= 0.3 is 5.97 Å². The number of pyridine rings is 1. The molecule has 3 rings (SSSR count). The summed E-state index contributed by atoms with van der Waals surface area (Å²) in [5.41, 5.74) is 3.54. The Hall–Kier alpha value is -2.14. The van der Waals surface area contributed by atoms with E-state index in [4.69, 9.17) is 9.47 Å². The van der Waals surface area contributed by atoms with Crippen molar-refractivity contribution in [3.63, 3.8) is 0 Å². The Morgan fingerprint density at radius 2 is 2.08 bits per heavy atom. The lowest BCUT2D eigenvalue weighted by Gasteiger charge is -2.34. The molecule has 5 heteroatoms. The van der Waals surface area contributed by atoms with E-state index in [1.54, 1.807) is 13.3 Å². The summed E-state index contributed by atoms with van der Waals surface area (Å²) in [5, 5.41) is 1.01. The minimum atomic E-state index is -0.308. The Morgan fingerprint density at radius 1 is 1.33 bits per heavy atom. The summed E-state index contributed by atoms with van der Waals surface area (Å²) in [6.07, 6.45) is 3.85. The second-order valence-corrected chi connectivity index (χ2v) is 6.18. The number of piperidine rings is 1. The molecule has 0 atom stereocenters. The highest BCUT2D eigenvalue weighted by molar-refractivity contribution is 6.05. The molecular formula is C19H24N2O3. The first-order valence-corrected chi connectivity index (χ1v) is 8.48. The average Bonchev–Trinajstić information content (AvgIpc) is 2.61. The number of hydrogen-bond donors (Lipinski definition) is 0. The van der Waals surface area contributed by atoms with E-state index in [0.29, 0.717) is 18.3 Å². The molecule has 0 amide bonds. The van der Waals surface area contributed by atoms with Gasteiger partial charge in [0.05, 0.1) is 23.9 Å². The monoisotopic (exact) mass is 328 g/mol. The van der Waals surface area contributed by atoms with Gasteiger partial charge in [-0.2, -0.15) is 0 Å². The van der Waals surface area contributed by atoms with Crippen molar-refractivity contribution in [1.82, 2.24) is 4.98 Å². The first kappa shape index (κ1) is 16.7. The molecule has 1 aromatic heterocycles. The third-order valence-electron chi connectivity index (χ3n) is 4.58. The van der Waals surface area contributed by atoms with Crippen molar-refractivity contribution in [2.75, 3.05) is 31.7 Å². The van der Waals surface area contributed by atoms with Crippen LogP contribution in [0.2, 0.25) is 0 Å². The van der Waals surface area contributed by atoms with Crippen LogP contribution in [0.25, 0.3) is 10.9 Å². The van der Waals surface area contributed by atoms with Crippen molar-refractivity contribution < 1.29 is 14.3 Å². The largest absolute Gasteiger partial charge is 0.462 e. The standard InChI is InChI=1S/C19H24N2O3/c1-4-24-19(22)16-12-20-17-6-5-13(2)11-15(17)18(16)21-9-7-14(23-3)8-10-21/h5-6,11-12,14H,4,7-10H2,1-3H3.